The molecule has 5 nitrogen and oxygen atoms in total. The van der Waals surface area contributed by atoms with Crippen LogP contribution in [0.25, 0.3) is 0 Å². The molecule has 1 aliphatic rings. The Morgan fingerprint density at radius 1 is 1.26 bits per heavy atom. The number of amides is 2. The second kappa shape index (κ2) is 7.48. The van der Waals surface area contributed by atoms with E-state index < -0.39 is 0 Å². The summed E-state index contributed by atoms with van der Waals surface area (Å²) >= 11 is 0. The highest BCUT2D eigenvalue weighted by Crippen LogP contribution is 2.24. The Kier molecular flexibility index (Phi) is 6.28. The van der Waals surface area contributed by atoms with Gasteiger partial charge in [-0.05, 0) is 46.5 Å². The van der Waals surface area contributed by atoms with Gasteiger partial charge in [0.1, 0.15) is 0 Å². The Morgan fingerprint density at radius 3 is 2.32 bits per heavy atom. The maximum atomic E-state index is 12.4. The molecule has 19 heavy (non-hydrogen) atoms. The summed E-state index contributed by atoms with van der Waals surface area (Å²) in [6.45, 7) is 6.48. The summed E-state index contributed by atoms with van der Waals surface area (Å²) < 4.78 is 0. The van der Waals surface area contributed by atoms with Gasteiger partial charge in [0.05, 0.1) is 6.54 Å². The van der Waals surface area contributed by atoms with Gasteiger partial charge in [-0.2, -0.15) is 0 Å². The fourth-order valence-corrected chi connectivity index (χ4v) is 2.51. The van der Waals surface area contributed by atoms with Gasteiger partial charge in [0.2, 0.25) is 11.8 Å². The molecule has 0 aromatic heterocycles. The Hall–Kier alpha value is -1.10. The molecule has 1 rings (SSSR count). The number of carbonyl (C=O) groups is 2. The van der Waals surface area contributed by atoms with E-state index in [1.807, 2.05) is 20.8 Å². The lowest BCUT2D eigenvalue weighted by Crippen LogP contribution is -2.45. The Morgan fingerprint density at radius 2 is 1.84 bits per heavy atom. The average Bonchev–Trinajstić information content (AvgIpc) is 2.35. The standard InChI is InChI=1S/C14H27N3O2/c1-4-17(9-13(18)16-10(2)3)14(19)11-5-7-12(15)8-6-11/h10-12H,4-9,15H2,1-3H3,(H,16,18). The minimum Gasteiger partial charge on any atom is -0.352 e. The molecule has 5 heteroatoms. The van der Waals surface area contributed by atoms with Crippen molar-refractivity contribution in [3.63, 3.8) is 0 Å². The molecule has 1 saturated carbocycles. The number of hydrogen-bond donors (Lipinski definition) is 2. The van der Waals surface area contributed by atoms with Crippen LogP contribution in [0.5, 0.6) is 0 Å². The highest BCUT2D eigenvalue weighted by molar-refractivity contribution is 5.86. The van der Waals surface area contributed by atoms with Crippen LogP contribution in [0.3, 0.4) is 0 Å². The summed E-state index contributed by atoms with van der Waals surface area (Å²) in [6, 6.07) is 0.345. The first kappa shape index (κ1) is 16.0. The SMILES string of the molecule is CCN(CC(=O)NC(C)C)C(=O)C1CCC(N)CC1. The maximum Gasteiger partial charge on any atom is 0.239 e. The van der Waals surface area contributed by atoms with Crippen molar-refractivity contribution in [1.29, 1.82) is 0 Å². The van der Waals surface area contributed by atoms with Crippen molar-refractivity contribution < 1.29 is 9.59 Å². The van der Waals surface area contributed by atoms with Crippen LogP contribution in [-0.2, 0) is 9.59 Å². The number of likely N-dealkylation sites (N-methyl/N-ethyl adjacent to an activating group) is 1. The fraction of sp³-hybridized carbons (Fsp3) is 0.857. The Labute approximate surface area is 115 Å². The zero-order valence-electron chi connectivity index (χ0n) is 12.3. The van der Waals surface area contributed by atoms with Crippen LogP contribution in [0.1, 0.15) is 46.5 Å². The summed E-state index contributed by atoms with van der Waals surface area (Å²) in [5.41, 5.74) is 5.85. The molecule has 0 aromatic rings. The highest BCUT2D eigenvalue weighted by atomic mass is 16.2. The molecule has 0 atom stereocenters. The lowest BCUT2D eigenvalue weighted by molar-refractivity contribution is -0.140. The third-order valence-corrected chi connectivity index (χ3v) is 3.60. The van der Waals surface area contributed by atoms with E-state index in [-0.39, 0.29) is 36.4 Å². The molecule has 0 radical (unpaired) electrons. The minimum absolute atomic E-state index is 0.0478. The molecule has 3 N–H and O–H groups in total. The summed E-state index contributed by atoms with van der Waals surface area (Å²) in [7, 11) is 0. The molecule has 0 saturated heterocycles. The van der Waals surface area contributed by atoms with Crippen LogP contribution in [-0.4, -0.2) is 41.9 Å². The maximum absolute atomic E-state index is 12.4. The summed E-state index contributed by atoms with van der Waals surface area (Å²) in [6.07, 6.45) is 3.52. The molecule has 2 amide bonds. The molecule has 110 valence electrons. The van der Waals surface area contributed by atoms with E-state index in [0.717, 1.165) is 25.7 Å². The van der Waals surface area contributed by atoms with Gasteiger partial charge >= 0.3 is 0 Å². The zero-order valence-corrected chi connectivity index (χ0v) is 12.3. The number of nitrogens with two attached hydrogens (primary N) is 1. The molecular weight excluding hydrogens is 242 g/mol. The molecule has 0 spiro atoms. The molecule has 0 aliphatic heterocycles. The van der Waals surface area contributed by atoms with Gasteiger partial charge < -0.3 is 16.0 Å². The van der Waals surface area contributed by atoms with E-state index in [1.54, 1.807) is 4.90 Å². The molecule has 0 heterocycles. The molecule has 0 bridgehead atoms. The van der Waals surface area contributed by atoms with Crippen molar-refractivity contribution in [2.24, 2.45) is 11.7 Å². The van der Waals surface area contributed by atoms with Crippen LogP contribution >= 0.6 is 0 Å². The minimum atomic E-state index is -0.0855. The number of rotatable bonds is 5. The lowest BCUT2D eigenvalue weighted by atomic mass is 9.85. The van der Waals surface area contributed by atoms with Crippen LogP contribution < -0.4 is 11.1 Å². The topological polar surface area (TPSA) is 75.4 Å². The van der Waals surface area contributed by atoms with E-state index in [1.165, 1.54) is 0 Å². The van der Waals surface area contributed by atoms with Crippen LogP contribution in [0.4, 0.5) is 0 Å². The predicted molar refractivity (Wildman–Crippen MR) is 75.5 cm³/mol. The average molecular weight is 269 g/mol. The number of nitrogens with zero attached hydrogens (tertiary/aromatic N) is 1. The van der Waals surface area contributed by atoms with Crippen molar-refractivity contribution >= 4 is 11.8 Å². The lowest BCUT2D eigenvalue weighted by Gasteiger charge is -2.30. The third-order valence-electron chi connectivity index (χ3n) is 3.60. The van der Waals surface area contributed by atoms with E-state index >= 15 is 0 Å². The van der Waals surface area contributed by atoms with Gasteiger partial charge in [0.15, 0.2) is 0 Å². The van der Waals surface area contributed by atoms with Gasteiger partial charge in [-0.25, -0.2) is 0 Å². The third kappa shape index (κ3) is 5.19. The second-order valence-corrected chi connectivity index (χ2v) is 5.69. The van der Waals surface area contributed by atoms with Crippen LogP contribution in [0, 0.1) is 5.92 Å². The largest absolute Gasteiger partial charge is 0.352 e. The summed E-state index contributed by atoms with van der Waals surface area (Å²) in [5.74, 6) is 0.0672. The normalized spacial score (nSPS) is 23.2. The molecule has 0 unspecified atom stereocenters. The number of nitrogens with one attached hydrogen (secondary N) is 1. The van der Waals surface area contributed by atoms with E-state index in [4.69, 9.17) is 5.73 Å². The number of hydrogen-bond acceptors (Lipinski definition) is 3. The van der Waals surface area contributed by atoms with Gasteiger partial charge in [-0.3, -0.25) is 9.59 Å². The highest BCUT2D eigenvalue weighted by Gasteiger charge is 2.28. The molecular formula is C14H27N3O2. The Bertz CT molecular complexity index is 310. The van der Waals surface area contributed by atoms with Gasteiger partial charge in [0.25, 0.3) is 0 Å². The quantitative estimate of drug-likeness (QED) is 0.778. The summed E-state index contributed by atoms with van der Waals surface area (Å²) in [5, 5.41) is 2.82. The first-order valence-electron chi connectivity index (χ1n) is 7.27. The van der Waals surface area contributed by atoms with Gasteiger partial charge in [-0.15, -0.1) is 0 Å². The van der Waals surface area contributed by atoms with Crippen LogP contribution in [0.2, 0.25) is 0 Å². The van der Waals surface area contributed by atoms with Crippen molar-refractivity contribution in [3.8, 4) is 0 Å². The second-order valence-electron chi connectivity index (χ2n) is 5.69. The first-order valence-corrected chi connectivity index (χ1v) is 7.27. The van der Waals surface area contributed by atoms with Crippen LogP contribution in [0.15, 0.2) is 0 Å². The van der Waals surface area contributed by atoms with Crippen molar-refractivity contribution in [1.82, 2.24) is 10.2 Å². The van der Waals surface area contributed by atoms with E-state index in [9.17, 15) is 9.59 Å². The van der Waals surface area contributed by atoms with Gasteiger partial charge in [-0.1, -0.05) is 0 Å². The molecule has 1 fully saturated rings. The summed E-state index contributed by atoms with van der Waals surface area (Å²) in [4.78, 5) is 25.8. The van der Waals surface area contributed by atoms with Gasteiger partial charge in [0, 0.05) is 24.5 Å². The monoisotopic (exact) mass is 269 g/mol. The zero-order chi connectivity index (χ0) is 14.4. The van der Waals surface area contributed by atoms with Crippen molar-refractivity contribution in [3.05, 3.63) is 0 Å². The molecule has 1 aliphatic carbocycles. The van der Waals surface area contributed by atoms with Crippen molar-refractivity contribution in [2.75, 3.05) is 13.1 Å². The fourth-order valence-electron chi connectivity index (χ4n) is 2.51. The van der Waals surface area contributed by atoms with Crippen molar-refractivity contribution in [2.45, 2.75) is 58.5 Å². The van der Waals surface area contributed by atoms with E-state index in [2.05, 4.69) is 5.32 Å². The first-order chi connectivity index (χ1) is 8.93. The number of carbonyl (C=O) groups excluding carboxylic acids is 2. The Balaban J connectivity index is 2.49. The smallest absolute Gasteiger partial charge is 0.239 e. The molecule has 0 aromatic carbocycles. The van der Waals surface area contributed by atoms with E-state index in [0.29, 0.717) is 6.54 Å². The predicted octanol–water partition coefficient (Wildman–Crippen LogP) is 0.877.